The van der Waals surface area contributed by atoms with E-state index in [0.717, 1.165) is 11.3 Å². The van der Waals surface area contributed by atoms with E-state index in [2.05, 4.69) is 19.8 Å². The Balaban J connectivity index is 1.33. The van der Waals surface area contributed by atoms with Crippen molar-refractivity contribution in [2.75, 3.05) is 5.32 Å². The number of anilines is 1. The Morgan fingerprint density at radius 2 is 1.94 bits per heavy atom. The number of aromatic nitrogens is 1. The number of fused-ring (bicyclic) bond motifs is 1. The van der Waals surface area contributed by atoms with Gasteiger partial charge in [0.1, 0.15) is 5.82 Å². The van der Waals surface area contributed by atoms with E-state index >= 15 is 0 Å². The summed E-state index contributed by atoms with van der Waals surface area (Å²) in [5.41, 5.74) is 6.10. The predicted octanol–water partition coefficient (Wildman–Crippen LogP) is 4.98. The Bertz CT molecular complexity index is 1230. The fourth-order valence-corrected chi connectivity index (χ4v) is 4.62. The first-order valence-corrected chi connectivity index (χ1v) is 10.7. The van der Waals surface area contributed by atoms with Crippen LogP contribution in [0.2, 0.25) is 5.02 Å². The first kappa shape index (κ1) is 21.0. The topological polar surface area (TPSA) is 86.5 Å². The third-order valence-corrected chi connectivity index (χ3v) is 6.72. The van der Waals surface area contributed by atoms with Crippen LogP contribution in [0, 0.1) is 5.82 Å². The summed E-state index contributed by atoms with van der Waals surface area (Å²) in [7, 11) is 0. The van der Waals surface area contributed by atoms with E-state index in [1.165, 1.54) is 30.5 Å². The highest BCUT2D eigenvalue weighted by Crippen LogP contribution is 2.52. The quantitative estimate of drug-likeness (QED) is 0.537. The van der Waals surface area contributed by atoms with Crippen molar-refractivity contribution in [1.29, 1.82) is 0 Å². The predicted molar refractivity (Wildman–Crippen MR) is 112 cm³/mol. The summed E-state index contributed by atoms with van der Waals surface area (Å²) in [6.07, 6.45) is -1.16. The van der Waals surface area contributed by atoms with Gasteiger partial charge in [0.15, 0.2) is 16.6 Å². The number of benzene rings is 2. The smallest absolute Gasteiger partial charge is 0.395 e. The lowest BCUT2D eigenvalue weighted by Gasteiger charge is -2.15. The lowest BCUT2D eigenvalue weighted by atomic mass is 9.94. The van der Waals surface area contributed by atoms with E-state index in [1.807, 2.05) is 0 Å². The maximum Gasteiger partial charge on any atom is 0.586 e. The minimum absolute atomic E-state index is 0.0806. The van der Waals surface area contributed by atoms with Gasteiger partial charge < -0.3 is 20.5 Å². The molecule has 2 aromatic carbocycles. The fourth-order valence-electron chi connectivity index (χ4n) is 3.63. The molecule has 6 nitrogen and oxygen atoms in total. The van der Waals surface area contributed by atoms with E-state index < -0.39 is 23.6 Å². The number of nitrogens with zero attached hydrogens (tertiary/aromatic N) is 1. The molecule has 3 N–H and O–H groups in total. The molecule has 1 aromatic heterocycles. The number of carbonyl (C=O) groups excluding carboxylic acids is 1. The molecule has 0 radical (unpaired) electrons. The summed E-state index contributed by atoms with van der Waals surface area (Å²) in [4.78, 5) is 17.7. The number of carbonyl (C=O) groups is 1. The molecule has 0 saturated heterocycles. The van der Waals surface area contributed by atoms with E-state index in [1.54, 1.807) is 12.1 Å². The zero-order valence-electron chi connectivity index (χ0n) is 16.2. The van der Waals surface area contributed by atoms with Gasteiger partial charge in [0.2, 0.25) is 5.91 Å². The van der Waals surface area contributed by atoms with E-state index in [9.17, 15) is 18.0 Å². The number of hydrogen-bond donors (Lipinski definition) is 2. The van der Waals surface area contributed by atoms with Crippen molar-refractivity contribution in [3.05, 3.63) is 69.4 Å². The van der Waals surface area contributed by atoms with Gasteiger partial charge in [-0.1, -0.05) is 35.1 Å². The molecule has 1 amide bonds. The monoisotopic (exact) mass is 481 g/mol. The van der Waals surface area contributed by atoms with Gasteiger partial charge in [0.25, 0.3) is 0 Å². The number of thiazole rings is 1. The van der Waals surface area contributed by atoms with Crippen LogP contribution in [0.15, 0.2) is 42.6 Å². The van der Waals surface area contributed by atoms with Crippen molar-refractivity contribution in [1.82, 2.24) is 4.98 Å². The maximum atomic E-state index is 14.2. The van der Waals surface area contributed by atoms with Gasteiger partial charge in [-0.05, 0) is 42.7 Å². The Labute approximate surface area is 189 Å². The molecule has 1 aliphatic heterocycles. The first-order chi connectivity index (χ1) is 15.2. The fraction of sp³-hybridized carbons (Fsp3) is 0.238. The summed E-state index contributed by atoms with van der Waals surface area (Å²) >= 11 is 6.91. The van der Waals surface area contributed by atoms with Gasteiger partial charge in [0.05, 0.1) is 11.5 Å². The second-order valence-corrected chi connectivity index (χ2v) is 9.08. The van der Waals surface area contributed by atoms with E-state index in [-0.39, 0.29) is 28.0 Å². The Kier molecular flexibility index (Phi) is 4.84. The van der Waals surface area contributed by atoms with Crippen molar-refractivity contribution in [2.45, 2.75) is 30.6 Å². The number of nitrogens with two attached hydrogens (primary N) is 1. The van der Waals surface area contributed by atoms with Crippen LogP contribution in [-0.4, -0.2) is 17.2 Å². The standard InChI is InChI=1S/C21H15ClF3N3O3S/c22-11-2-3-12(13(23)8-11)17(26)16-9-27-19(32-16)28-18(29)20(5-6-20)10-1-4-14-15(7-10)31-21(24,25)30-14/h1-4,7-9,17H,5-6,26H2,(H,27,28,29)/t17-/m0/s1. The van der Waals surface area contributed by atoms with Crippen LogP contribution in [0.25, 0.3) is 0 Å². The van der Waals surface area contributed by atoms with Crippen LogP contribution in [0.4, 0.5) is 18.3 Å². The molecule has 166 valence electrons. The van der Waals surface area contributed by atoms with Crippen LogP contribution in [-0.2, 0) is 10.2 Å². The first-order valence-electron chi connectivity index (χ1n) is 9.55. The van der Waals surface area contributed by atoms with Crippen LogP contribution in [0.1, 0.15) is 34.9 Å². The molecule has 0 bridgehead atoms. The van der Waals surface area contributed by atoms with Gasteiger partial charge in [-0.15, -0.1) is 8.78 Å². The van der Waals surface area contributed by atoms with Crippen molar-refractivity contribution >= 4 is 34.0 Å². The summed E-state index contributed by atoms with van der Waals surface area (Å²) in [6.45, 7) is 0. The second kappa shape index (κ2) is 7.36. The maximum absolute atomic E-state index is 14.2. The lowest BCUT2D eigenvalue weighted by molar-refractivity contribution is -0.286. The average Bonchev–Trinajstić information content (AvgIpc) is 3.30. The molecule has 32 heavy (non-hydrogen) atoms. The molecule has 2 aliphatic rings. The molecule has 0 spiro atoms. The summed E-state index contributed by atoms with van der Waals surface area (Å²) < 4.78 is 49.7. The Morgan fingerprint density at radius 1 is 1.19 bits per heavy atom. The van der Waals surface area contributed by atoms with Crippen molar-refractivity contribution in [3.8, 4) is 11.5 Å². The normalized spacial score (nSPS) is 18.3. The number of halogens is 4. The van der Waals surface area contributed by atoms with Crippen LogP contribution in [0.5, 0.6) is 11.5 Å². The SMILES string of the molecule is N[C@H](c1cnc(NC(=O)C2(c3ccc4c(c3)OC(F)(F)O4)CC2)s1)c1ccc(Cl)cc1F. The molecular formula is C21H15ClF3N3O3S. The van der Waals surface area contributed by atoms with Crippen LogP contribution >= 0.6 is 22.9 Å². The minimum Gasteiger partial charge on any atom is -0.395 e. The Morgan fingerprint density at radius 3 is 2.66 bits per heavy atom. The highest BCUT2D eigenvalue weighted by atomic mass is 35.5. The molecule has 1 saturated carbocycles. The molecule has 3 aromatic rings. The summed E-state index contributed by atoms with van der Waals surface area (Å²) in [5, 5.41) is 3.32. The number of amides is 1. The largest absolute Gasteiger partial charge is 0.586 e. The molecule has 0 unspecified atom stereocenters. The zero-order chi connectivity index (χ0) is 22.7. The van der Waals surface area contributed by atoms with E-state index in [4.69, 9.17) is 17.3 Å². The highest BCUT2D eigenvalue weighted by Gasteiger charge is 2.53. The average molecular weight is 482 g/mol. The van der Waals surface area contributed by atoms with Crippen molar-refractivity contribution in [2.24, 2.45) is 5.73 Å². The second-order valence-electron chi connectivity index (χ2n) is 7.58. The molecular weight excluding hydrogens is 467 g/mol. The van der Waals surface area contributed by atoms with Crippen molar-refractivity contribution in [3.63, 3.8) is 0 Å². The molecule has 1 atom stereocenters. The van der Waals surface area contributed by atoms with Gasteiger partial charge in [0, 0.05) is 21.7 Å². The van der Waals surface area contributed by atoms with Crippen LogP contribution < -0.4 is 20.5 Å². The molecule has 1 fully saturated rings. The number of nitrogens with one attached hydrogen (secondary N) is 1. The number of hydrogen-bond acceptors (Lipinski definition) is 6. The molecule has 2 heterocycles. The third kappa shape index (κ3) is 3.68. The van der Waals surface area contributed by atoms with Crippen LogP contribution in [0.3, 0.4) is 0 Å². The number of rotatable bonds is 5. The molecule has 5 rings (SSSR count). The molecule has 1 aliphatic carbocycles. The Hall–Kier alpha value is -2.82. The van der Waals surface area contributed by atoms with Gasteiger partial charge in [-0.25, -0.2) is 9.37 Å². The van der Waals surface area contributed by atoms with Crippen molar-refractivity contribution < 1.29 is 27.4 Å². The summed E-state index contributed by atoms with van der Waals surface area (Å²) in [5.74, 6) is -1.05. The van der Waals surface area contributed by atoms with Gasteiger partial charge >= 0.3 is 6.29 Å². The minimum atomic E-state index is -3.72. The zero-order valence-corrected chi connectivity index (χ0v) is 17.8. The number of ether oxygens (including phenoxy) is 2. The third-order valence-electron chi connectivity index (χ3n) is 5.49. The van der Waals surface area contributed by atoms with E-state index in [0.29, 0.717) is 28.4 Å². The molecule has 11 heteroatoms. The number of alkyl halides is 2. The summed E-state index contributed by atoms with van der Waals surface area (Å²) in [6, 6.07) is 7.78. The van der Waals surface area contributed by atoms with Gasteiger partial charge in [-0.2, -0.15) is 0 Å². The van der Waals surface area contributed by atoms with Gasteiger partial charge in [-0.3, -0.25) is 4.79 Å². The lowest BCUT2D eigenvalue weighted by Crippen LogP contribution is -2.27. The highest BCUT2D eigenvalue weighted by molar-refractivity contribution is 7.15.